The maximum absolute atomic E-state index is 9.93. The summed E-state index contributed by atoms with van der Waals surface area (Å²) in [5.74, 6) is 0. The molecule has 5 nitrogen and oxygen atoms in total. The van der Waals surface area contributed by atoms with E-state index in [4.69, 9.17) is 9.84 Å². The smallest absolute Gasteiger partial charge is 0.108 e. The van der Waals surface area contributed by atoms with E-state index in [1.165, 1.54) is 0 Å². The van der Waals surface area contributed by atoms with Gasteiger partial charge in [0.15, 0.2) is 0 Å². The molecule has 2 saturated heterocycles. The summed E-state index contributed by atoms with van der Waals surface area (Å²) >= 11 is 0. The van der Waals surface area contributed by atoms with Gasteiger partial charge in [-0.1, -0.05) is 0 Å². The van der Waals surface area contributed by atoms with Crippen LogP contribution in [0.4, 0.5) is 0 Å². The minimum Gasteiger partial charge on any atom is -0.394 e. The van der Waals surface area contributed by atoms with Crippen molar-refractivity contribution >= 4 is 0 Å². The first-order valence-electron chi connectivity index (χ1n) is 5.55. The van der Waals surface area contributed by atoms with Crippen molar-refractivity contribution in [1.29, 1.82) is 0 Å². The topological polar surface area (TPSA) is 56.2 Å². The second-order valence-corrected chi connectivity index (χ2v) is 4.45. The molecule has 0 aliphatic carbocycles. The van der Waals surface area contributed by atoms with Gasteiger partial charge in [-0.15, -0.1) is 0 Å². The highest BCUT2D eigenvalue weighted by molar-refractivity contribution is 4.91. The lowest BCUT2D eigenvalue weighted by molar-refractivity contribution is -0.00412. The Bertz CT molecular complexity index is 207. The molecular weight excluding hydrogens is 196 g/mol. The molecule has 0 aromatic heterocycles. The van der Waals surface area contributed by atoms with Crippen molar-refractivity contribution < 1.29 is 14.9 Å². The van der Waals surface area contributed by atoms with Crippen molar-refractivity contribution in [3.63, 3.8) is 0 Å². The Morgan fingerprint density at radius 1 is 1.27 bits per heavy atom. The summed E-state index contributed by atoms with van der Waals surface area (Å²) < 4.78 is 5.35. The summed E-state index contributed by atoms with van der Waals surface area (Å²) in [6.07, 6.45) is -0.937. The normalized spacial score (nSPS) is 39.8. The van der Waals surface area contributed by atoms with Crippen molar-refractivity contribution in [3.8, 4) is 0 Å². The lowest BCUT2D eigenvalue weighted by atomic mass is 10.1. The Labute approximate surface area is 90.2 Å². The average molecular weight is 216 g/mol. The zero-order valence-electron chi connectivity index (χ0n) is 9.17. The van der Waals surface area contributed by atoms with E-state index in [0.29, 0.717) is 6.61 Å². The van der Waals surface area contributed by atoms with Crippen molar-refractivity contribution in [3.05, 3.63) is 0 Å². The van der Waals surface area contributed by atoms with Gasteiger partial charge >= 0.3 is 0 Å². The fraction of sp³-hybridized carbons (Fsp3) is 1.00. The second kappa shape index (κ2) is 4.76. The highest BCUT2D eigenvalue weighted by Crippen LogP contribution is 2.20. The summed E-state index contributed by atoms with van der Waals surface area (Å²) in [4.78, 5) is 4.54. The SMILES string of the molecule is CN1CCN([C@@H]2CO[C@H](CO)[C@H]2O)CC1. The third kappa shape index (κ3) is 2.32. The summed E-state index contributed by atoms with van der Waals surface area (Å²) in [5.41, 5.74) is 0. The summed E-state index contributed by atoms with van der Waals surface area (Å²) in [6.45, 7) is 4.46. The van der Waals surface area contributed by atoms with Crippen LogP contribution in [-0.4, -0.2) is 84.7 Å². The number of ether oxygens (including phenoxy) is 1. The molecule has 2 heterocycles. The molecule has 0 saturated carbocycles. The number of aliphatic hydroxyl groups excluding tert-OH is 2. The quantitative estimate of drug-likeness (QED) is 0.579. The molecule has 2 N–H and O–H groups in total. The number of piperazine rings is 1. The first-order valence-corrected chi connectivity index (χ1v) is 5.55. The number of rotatable bonds is 2. The van der Waals surface area contributed by atoms with E-state index in [2.05, 4.69) is 16.8 Å². The Kier molecular flexibility index (Phi) is 3.58. The summed E-state index contributed by atoms with van der Waals surface area (Å²) in [6, 6.07) is 0.0656. The van der Waals surface area contributed by atoms with Crippen LogP contribution in [0.5, 0.6) is 0 Å². The minimum atomic E-state index is -0.543. The lowest BCUT2D eigenvalue weighted by Crippen LogP contribution is -2.53. The van der Waals surface area contributed by atoms with Crippen LogP contribution in [0, 0.1) is 0 Å². The van der Waals surface area contributed by atoms with Crippen molar-refractivity contribution in [2.75, 3.05) is 46.4 Å². The summed E-state index contributed by atoms with van der Waals surface area (Å²) in [7, 11) is 2.11. The first-order chi connectivity index (χ1) is 7.22. The minimum absolute atomic E-state index is 0.0656. The molecule has 0 unspecified atom stereocenters. The third-order valence-electron chi connectivity index (χ3n) is 3.44. The largest absolute Gasteiger partial charge is 0.394 e. The van der Waals surface area contributed by atoms with E-state index in [1.807, 2.05) is 0 Å². The Balaban J connectivity index is 1.89. The lowest BCUT2D eigenvalue weighted by Gasteiger charge is -2.37. The number of likely N-dealkylation sites (N-methyl/N-ethyl adjacent to an activating group) is 1. The summed E-state index contributed by atoms with van der Waals surface area (Å²) in [5, 5.41) is 18.9. The number of hydrogen-bond donors (Lipinski definition) is 2. The zero-order valence-corrected chi connectivity index (χ0v) is 9.17. The molecule has 2 rings (SSSR count). The van der Waals surface area contributed by atoms with Crippen LogP contribution in [-0.2, 0) is 4.74 Å². The third-order valence-corrected chi connectivity index (χ3v) is 3.44. The van der Waals surface area contributed by atoms with Crippen LogP contribution >= 0.6 is 0 Å². The molecule has 2 aliphatic rings. The molecule has 2 fully saturated rings. The van der Waals surface area contributed by atoms with Crippen molar-refractivity contribution in [1.82, 2.24) is 9.80 Å². The molecule has 2 aliphatic heterocycles. The van der Waals surface area contributed by atoms with Gasteiger partial charge in [-0.25, -0.2) is 0 Å². The number of hydrogen-bond acceptors (Lipinski definition) is 5. The van der Waals surface area contributed by atoms with Crippen molar-refractivity contribution in [2.45, 2.75) is 18.2 Å². The Hall–Kier alpha value is -0.200. The van der Waals surface area contributed by atoms with E-state index in [9.17, 15) is 5.11 Å². The maximum atomic E-state index is 9.93. The van der Waals surface area contributed by atoms with E-state index in [-0.39, 0.29) is 12.6 Å². The molecule has 5 heteroatoms. The van der Waals surface area contributed by atoms with Crippen LogP contribution < -0.4 is 0 Å². The van der Waals surface area contributed by atoms with E-state index in [0.717, 1.165) is 26.2 Å². The van der Waals surface area contributed by atoms with Gasteiger partial charge in [0.1, 0.15) is 12.2 Å². The first kappa shape index (κ1) is 11.3. The fourth-order valence-electron chi connectivity index (χ4n) is 2.30. The molecule has 0 amide bonds. The van der Waals surface area contributed by atoms with Gasteiger partial charge in [0.2, 0.25) is 0 Å². The van der Waals surface area contributed by atoms with Gasteiger partial charge in [-0.3, -0.25) is 4.90 Å². The van der Waals surface area contributed by atoms with Crippen molar-refractivity contribution in [2.24, 2.45) is 0 Å². The van der Waals surface area contributed by atoms with Crippen LogP contribution in [0.1, 0.15) is 0 Å². The average Bonchev–Trinajstić information content (AvgIpc) is 2.61. The van der Waals surface area contributed by atoms with Gasteiger partial charge in [0, 0.05) is 26.2 Å². The predicted molar refractivity (Wildman–Crippen MR) is 55.7 cm³/mol. The highest BCUT2D eigenvalue weighted by atomic mass is 16.5. The maximum Gasteiger partial charge on any atom is 0.108 e. The zero-order chi connectivity index (χ0) is 10.8. The molecule has 0 radical (unpaired) electrons. The molecule has 0 aromatic carbocycles. The van der Waals surface area contributed by atoms with E-state index < -0.39 is 12.2 Å². The highest BCUT2D eigenvalue weighted by Gasteiger charge is 2.39. The molecule has 15 heavy (non-hydrogen) atoms. The fourth-order valence-corrected chi connectivity index (χ4v) is 2.30. The molecule has 88 valence electrons. The monoisotopic (exact) mass is 216 g/mol. The molecule has 3 atom stereocenters. The van der Waals surface area contributed by atoms with E-state index >= 15 is 0 Å². The van der Waals surface area contributed by atoms with Crippen LogP contribution in [0.15, 0.2) is 0 Å². The second-order valence-electron chi connectivity index (χ2n) is 4.45. The Morgan fingerprint density at radius 2 is 1.93 bits per heavy atom. The molecule has 0 bridgehead atoms. The van der Waals surface area contributed by atoms with E-state index in [1.54, 1.807) is 0 Å². The Morgan fingerprint density at radius 3 is 2.47 bits per heavy atom. The number of nitrogens with zero attached hydrogens (tertiary/aromatic N) is 2. The van der Waals surface area contributed by atoms with Gasteiger partial charge < -0.3 is 19.8 Å². The van der Waals surface area contributed by atoms with Crippen LogP contribution in [0.25, 0.3) is 0 Å². The predicted octanol–water partition coefficient (Wildman–Crippen LogP) is -1.65. The number of aliphatic hydroxyl groups is 2. The van der Waals surface area contributed by atoms with Gasteiger partial charge in [-0.2, -0.15) is 0 Å². The van der Waals surface area contributed by atoms with Crippen LogP contribution in [0.2, 0.25) is 0 Å². The van der Waals surface area contributed by atoms with Gasteiger partial charge in [0.05, 0.1) is 19.3 Å². The molecule has 0 spiro atoms. The standard InChI is InChI=1S/C10H20N2O3/c1-11-2-4-12(5-3-11)8-7-15-9(6-13)10(8)14/h8-10,13-14H,2-7H2,1H3/t8-,9-,10+/m1/s1. The van der Waals surface area contributed by atoms with Gasteiger partial charge in [-0.05, 0) is 7.05 Å². The van der Waals surface area contributed by atoms with Gasteiger partial charge in [0.25, 0.3) is 0 Å². The molecular formula is C10H20N2O3. The van der Waals surface area contributed by atoms with Crippen LogP contribution in [0.3, 0.4) is 0 Å². The molecule has 0 aromatic rings.